The second kappa shape index (κ2) is 11.4. The Kier molecular flexibility index (Phi) is 8.19. The predicted octanol–water partition coefficient (Wildman–Crippen LogP) is 4.25. The first kappa shape index (κ1) is 28.0. The third-order valence-corrected chi connectivity index (χ3v) is 6.61. The van der Waals surface area contributed by atoms with Gasteiger partial charge in [-0.3, -0.25) is 14.4 Å². The van der Waals surface area contributed by atoms with Gasteiger partial charge in [0.15, 0.2) is 0 Å². The first-order valence-corrected chi connectivity index (χ1v) is 12.7. The number of nitrogens with one attached hydrogen (secondary N) is 2. The number of carbonyl (C=O) groups excluding carboxylic acids is 2. The van der Waals surface area contributed by atoms with Crippen molar-refractivity contribution < 1.29 is 23.1 Å². The van der Waals surface area contributed by atoms with E-state index < -0.39 is 12.5 Å². The number of halogens is 3. The first-order chi connectivity index (χ1) is 18.5. The Morgan fingerprint density at radius 3 is 2.41 bits per heavy atom. The minimum Gasteiger partial charge on any atom is -0.433 e. The number of hydrogen-bond donors (Lipinski definition) is 2. The third kappa shape index (κ3) is 5.88. The van der Waals surface area contributed by atoms with Gasteiger partial charge in [-0.1, -0.05) is 11.6 Å². The lowest BCUT2D eigenvalue weighted by molar-refractivity contribution is -0.0498. The van der Waals surface area contributed by atoms with Crippen molar-refractivity contribution in [3.8, 4) is 11.4 Å². The van der Waals surface area contributed by atoms with Crippen LogP contribution in [0.3, 0.4) is 0 Å². The molecule has 1 aromatic heterocycles. The van der Waals surface area contributed by atoms with E-state index in [0.29, 0.717) is 28.5 Å². The van der Waals surface area contributed by atoms with Crippen molar-refractivity contribution in [1.82, 2.24) is 19.8 Å². The van der Waals surface area contributed by atoms with Gasteiger partial charge >= 0.3 is 6.61 Å². The van der Waals surface area contributed by atoms with Crippen LogP contribution in [0.4, 0.5) is 14.7 Å². The number of aromatic nitrogens is 2. The van der Waals surface area contributed by atoms with Gasteiger partial charge in [-0.05, 0) is 69.7 Å². The fourth-order valence-electron chi connectivity index (χ4n) is 4.42. The summed E-state index contributed by atoms with van der Waals surface area (Å²) in [5.74, 6) is -0.680. The van der Waals surface area contributed by atoms with Gasteiger partial charge in [0.05, 0.1) is 22.9 Å². The fourth-order valence-corrected chi connectivity index (χ4v) is 4.58. The van der Waals surface area contributed by atoms with Crippen LogP contribution in [0, 0.1) is 0 Å². The van der Waals surface area contributed by atoms with Crippen LogP contribution in [-0.4, -0.2) is 52.0 Å². The molecule has 12 heteroatoms. The van der Waals surface area contributed by atoms with Gasteiger partial charge in [-0.15, -0.1) is 0 Å². The standard InChI is InChI=1S/C27H28ClF2N5O4/c1-14(2)32-27-33-21-13-34(24(37)17-7-10-20(28)22(12-17)39-26(29)30)15(3)11-19(21)25(38)35(27)18-8-5-16(6-9-18)23(36)31-4/h5-10,12,14-15,26H,11,13H2,1-4H3,(H,31,36)(H,32,33)/t15-/m1/s1. The summed E-state index contributed by atoms with van der Waals surface area (Å²) in [5.41, 5.74) is 1.72. The van der Waals surface area contributed by atoms with Gasteiger partial charge in [-0.25, -0.2) is 9.55 Å². The molecule has 0 spiro atoms. The molecule has 0 unspecified atom stereocenters. The molecule has 0 saturated heterocycles. The lowest BCUT2D eigenvalue weighted by Gasteiger charge is -2.35. The van der Waals surface area contributed by atoms with Crippen molar-refractivity contribution in [2.45, 2.75) is 52.4 Å². The third-order valence-electron chi connectivity index (χ3n) is 6.30. The van der Waals surface area contributed by atoms with Crippen molar-refractivity contribution in [1.29, 1.82) is 0 Å². The Labute approximate surface area is 228 Å². The molecule has 9 nitrogen and oxygen atoms in total. The van der Waals surface area contributed by atoms with Crippen LogP contribution < -0.4 is 20.9 Å². The zero-order valence-electron chi connectivity index (χ0n) is 21.8. The van der Waals surface area contributed by atoms with E-state index in [1.807, 2.05) is 13.8 Å². The first-order valence-electron chi connectivity index (χ1n) is 12.3. The quantitative estimate of drug-likeness (QED) is 0.448. The lowest BCUT2D eigenvalue weighted by atomic mass is 9.98. The van der Waals surface area contributed by atoms with Gasteiger partial charge in [-0.2, -0.15) is 8.78 Å². The van der Waals surface area contributed by atoms with E-state index in [1.54, 1.807) is 31.2 Å². The maximum atomic E-state index is 13.8. The normalized spacial score (nSPS) is 14.8. The van der Waals surface area contributed by atoms with Crippen LogP contribution in [0.25, 0.3) is 5.69 Å². The van der Waals surface area contributed by atoms with E-state index >= 15 is 0 Å². The molecule has 206 valence electrons. The number of fused-ring (bicyclic) bond motifs is 1. The van der Waals surface area contributed by atoms with Crippen LogP contribution in [0.2, 0.25) is 5.02 Å². The highest BCUT2D eigenvalue weighted by Gasteiger charge is 2.32. The largest absolute Gasteiger partial charge is 0.433 e. The summed E-state index contributed by atoms with van der Waals surface area (Å²) in [5, 5.41) is 5.72. The second-order valence-corrected chi connectivity index (χ2v) is 9.84. The fraction of sp³-hybridized carbons (Fsp3) is 0.333. The Hall–Kier alpha value is -3.99. The van der Waals surface area contributed by atoms with Crippen molar-refractivity contribution in [3.05, 3.63) is 80.2 Å². The Morgan fingerprint density at radius 1 is 1.13 bits per heavy atom. The molecule has 1 aliphatic heterocycles. The Bertz CT molecular complexity index is 1460. The maximum absolute atomic E-state index is 13.8. The van der Waals surface area contributed by atoms with E-state index in [-0.39, 0.29) is 52.9 Å². The highest BCUT2D eigenvalue weighted by atomic mass is 35.5. The zero-order chi connectivity index (χ0) is 28.4. The number of benzene rings is 2. The number of alkyl halides is 2. The molecule has 2 heterocycles. The molecule has 4 rings (SSSR count). The van der Waals surface area contributed by atoms with Crippen molar-refractivity contribution in [2.75, 3.05) is 12.4 Å². The van der Waals surface area contributed by atoms with Crippen molar-refractivity contribution >= 4 is 29.4 Å². The monoisotopic (exact) mass is 559 g/mol. The lowest BCUT2D eigenvalue weighted by Crippen LogP contribution is -2.46. The summed E-state index contributed by atoms with van der Waals surface area (Å²) in [6.45, 7) is 2.56. The topological polar surface area (TPSA) is 106 Å². The van der Waals surface area contributed by atoms with Gasteiger partial charge < -0.3 is 20.3 Å². The molecule has 1 atom stereocenters. The predicted molar refractivity (Wildman–Crippen MR) is 143 cm³/mol. The van der Waals surface area contributed by atoms with Crippen LogP contribution >= 0.6 is 11.6 Å². The van der Waals surface area contributed by atoms with E-state index in [4.69, 9.17) is 16.6 Å². The molecule has 0 radical (unpaired) electrons. The smallest absolute Gasteiger partial charge is 0.387 e. The number of carbonyl (C=O) groups is 2. The van der Waals surface area contributed by atoms with Crippen LogP contribution in [0.15, 0.2) is 47.3 Å². The summed E-state index contributed by atoms with van der Waals surface area (Å²) in [7, 11) is 1.54. The number of amides is 2. The summed E-state index contributed by atoms with van der Waals surface area (Å²) in [4.78, 5) is 45.4. The molecule has 2 N–H and O–H groups in total. The average Bonchev–Trinajstić information content (AvgIpc) is 2.89. The molecule has 0 aliphatic carbocycles. The van der Waals surface area contributed by atoms with Crippen LogP contribution in [0.5, 0.6) is 5.75 Å². The molecular formula is C27H28ClF2N5O4. The Morgan fingerprint density at radius 2 is 1.79 bits per heavy atom. The molecule has 0 saturated carbocycles. The van der Waals surface area contributed by atoms with Gasteiger partial charge in [0, 0.05) is 35.8 Å². The molecular weight excluding hydrogens is 532 g/mol. The summed E-state index contributed by atoms with van der Waals surface area (Å²) >= 11 is 5.94. The zero-order valence-corrected chi connectivity index (χ0v) is 22.6. The molecule has 0 bridgehead atoms. The van der Waals surface area contributed by atoms with E-state index in [9.17, 15) is 23.2 Å². The molecule has 2 amide bonds. The number of hydrogen-bond acceptors (Lipinski definition) is 6. The average molecular weight is 560 g/mol. The van der Waals surface area contributed by atoms with Crippen molar-refractivity contribution in [3.63, 3.8) is 0 Å². The van der Waals surface area contributed by atoms with Crippen LogP contribution in [-0.2, 0) is 13.0 Å². The molecule has 1 aliphatic rings. The minimum atomic E-state index is -3.09. The molecule has 0 fully saturated rings. The number of anilines is 1. The number of rotatable bonds is 7. The highest BCUT2D eigenvalue weighted by Crippen LogP contribution is 2.30. The van der Waals surface area contributed by atoms with Gasteiger partial charge in [0.25, 0.3) is 17.4 Å². The van der Waals surface area contributed by atoms with Gasteiger partial charge in [0.2, 0.25) is 5.95 Å². The molecule has 39 heavy (non-hydrogen) atoms. The second-order valence-electron chi connectivity index (χ2n) is 9.44. The van der Waals surface area contributed by atoms with E-state index in [2.05, 4.69) is 15.4 Å². The van der Waals surface area contributed by atoms with Crippen molar-refractivity contribution in [2.24, 2.45) is 0 Å². The maximum Gasteiger partial charge on any atom is 0.387 e. The summed E-state index contributed by atoms with van der Waals surface area (Å²) in [6, 6.07) is 10.1. The van der Waals surface area contributed by atoms with E-state index in [0.717, 1.165) is 0 Å². The highest BCUT2D eigenvalue weighted by molar-refractivity contribution is 6.32. The molecule has 2 aromatic carbocycles. The Balaban J connectivity index is 1.72. The van der Waals surface area contributed by atoms with Crippen LogP contribution in [0.1, 0.15) is 52.7 Å². The number of nitrogens with zero attached hydrogens (tertiary/aromatic N) is 3. The summed E-state index contributed by atoms with van der Waals surface area (Å²) in [6.07, 6.45) is 0.235. The SMILES string of the molecule is CNC(=O)c1ccc(-n2c(NC(C)C)nc3c(c2=O)C[C@@H](C)N(C(=O)c2ccc(Cl)c(OC(F)F)c2)C3)cc1. The number of ether oxygens (including phenoxy) is 1. The minimum absolute atomic E-state index is 0.0427. The molecule has 3 aromatic rings. The van der Waals surface area contributed by atoms with Gasteiger partial charge in [0.1, 0.15) is 5.75 Å². The van der Waals surface area contributed by atoms with E-state index in [1.165, 1.54) is 34.7 Å². The summed E-state index contributed by atoms with van der Waals surface area (Å²) < 4.78 is 31.4.